The Morgan fingerprint density at radius 1 is 0.981 bits per heavy atom. The van der Waals surface area contributed by atoms with Gasteiger partial charge in [-0.25, -0.2) is 4.68 Å². The molecule has 2 aromatic carbocycles. The Bertz CT molecular complexity index is 1880. The van der Waals surface area contributed by atoms with E-state index in [9.17, 15) is 19.2 Å². The van der Waals surface area contributed by atoms with E-state index < -0.39 is 6.10 Å². The van der Waals surface area contributed by atoms with E-state index in [2.05, 4.69) is 56.8 Å². The summed E-state index contributed by atoms with van der Waals surface area (Å²) in [4.78, 5) is 56.2. The number of carbonyl (C=O) groups is 3. The molecule has 4 aliphatic heterocycles. The normalized spacial score (nSPS) is 23.7. The number of imide groups is 1. The lowest BCUT2D eigenvalue weighted by molar-refractivity contribution is -0.138. The molecule has 4 fully saturated rings. The number of hydrogen-bond donors (Lipinski definition) is 2. The zero-order valence-corrected chi connectivity index (χ0v) is 31.0. The number of likely N-dealkylation sites (tertiary alicyclic amines) is 2. The standard InChI is InChI=1S/C39H48ClN7O5/c1-25-20-30(8-9-32(25)52-33-10-11-34(48)43-36(33)49)46-16-12-39(13-17-46)14-18-47(19-15-39)37(50)27-6-4-26(5-7-27)28-21-29(24-44(2)23-28)42-31-22-41-45(3)38(51)35(31)40/h4-9,20,22,28-29,33,42H,10-19,21,23-24H2,1-3H3,(H,43,48,49)/t28-,29+,33?/m1/s1. The highest BCUT2D eigenvalue weighted by Gasteiger charge is 2.39. The van der Waals surface area contributed by atoms with E-state index >= 15 is 0 Å². The highest BCUT2D eigenvalue weighted by Crippen LogP contribution is 2.43. The fourth-order valence-corrected chi connectivity index (χ4v) is 8.63. The van der Waals surface area contributed by atoms with Crippen molar-refractivity contribution in [1.82, 2.24) is 24.9 Å². The van der Waals surface area contributed by atoms with Crippen molar-refractivity contribution in [3.8, 4) is 5.75 Å². The Morgan fingerprint density at radius 2 is 1.69 bits per heavy atom. The number of rotatable bonds is 7. The molecule has 7 rings (SSSR count). The van der Waals surface area contributed by atoms with Gasteiger partial charge < -0.3 is 24.8 Å². The number of aromatic nitrogens is 2. The first-order valence-corrected chi connectivity index (χ1v) is 18.8. The minimum atomic E-state index is -0.645. The van der Waals surface area contributed by atoms with E-state index in [1.54, 1.807) is 13.2 Å². The van der Waals surface area contributed by atoms with Crippen molar-refractivity contribution in [2.75, 3.05) is 56.5 Å². The summed E-state index contributed by atoms with van der Waals surface area (Å²) in [6.45, 7) is 7.18. The molecule has 3 aromatic rings. The largest absolute Gasteiger partial charge is 0.480 e. The summed E-state index contributed by atoms with van der Waals surface area (Å²) >= 11 is 6.32. The van der Waals surface area contributed by atoms with Crippen LogP contribution >= 0.6 is 11.6 Å². The van der Waals surface area contributed by atoms with Crippen molar-refractivity contribution in [3.05, 3.63) is 80.7 Å². The van der Waals surface area contributed by atoms with Gasteiger partial charge >= 0.3 is 0 Å². The Hall–Kier alpha value is -4.42. The van der Waals surface area contributed by atoms with Crippen LogP contribution in [0.5, 0.6) is 5.75 Å². The van der Waals surface area contributed by atoms with E-state index in [0.29, 0.717) is 17.9 Å². The number of halogens is 1. The first-order valence-electron chi connectivity index (χ1n) is 18.4. The second kappa shape index (κ2) is 14.9. The second-order valence-corrected chi connectivity index (χ2v) is 15.6. The molecule has 0 radical (unpaired) electrons. The monoisotopic (exact) mass is 729 g/mol. The van der Waals surface area contributed by atoms with Crippen LogP contribution in [0.2, 0.25) is 5.02 Å². The lowest BCUT2D eigenvalue weighted by atomic mass is 9.71. The molecule has 1 aromatic heterocycles. The van der Waals surface area contributed by atoms with Crippen molar-refractivity contribution in [3.63, 3.8) is 0 Å². The lowest BCUT2D eigenvalue weighted by Crippen LogP contribution is -2.48. The van der Waals surface area contributed by atoms with Crippen LogP contribution in [0, 0.1) is 12.3 Å². The van der Waals surface area contributed by atoms with Gasteiger partial charge in [0.2, 0.25) is 5.91 Å². The molecule has 1 unspecified atom stereocenters. The van der Waals surface area contributed by atoms with Gasteiger partial charge in [0.25, 0.3) is 17.4 Å². The molecule has 0 aliphatic carbocycles. The average Bonchev–Trinajstić information content (AvgIpc) is 3.14. The molecule has 4 aliphatic rings. The van der Waals surface area contributed by atoms with Crippen molar-refractivity contribution in [1.29, 1.82) is 0 Å². The predicted molar refractivity (Wildman–Crippen MR) is 200 cm³/mol. The molecular weight excluding hydrogens is 682 g/mol. The highest BCUT2D eigenvalue weighted by molar-refractivity contribution is 6.32. The van der Waals surface area contributed by atoms with E-state index in [1.807, 2.05) is 30.0 Å². The third-order valence-electron chi connectivity index (χ3n) is 11.6. The van der Waals surface area contributed by atoms with Crippen LogP contribution < -0.4 is 25.8 Å². The molecule has 4 saturated heterocycles. The molecule has 3 amide bonds. The smallest absolute Gasteiger partial charge is 0.287 e. The Kier molecular flexibility index (Phi) is 10.3. The maximum Gasteiger partial charge on any atom is 0.287 e. The number of aryl methyl sites for hydroxylation is 2. The van der Waals surface area contributed by atoms with Gasteiger partial charge in [-0.15, -0.1) is 0 Å². The Morgan fingerprint density at radius 3 is 2.38 bits per heavy atom. The van der Waals surface area contributed by atoms with Crippen molar-refractivity contribution in [2.45, 2.75) is 69.9 Å². The van der Waals surface area contributed by atoms with Gasteiger partial charge in [0.15, 0.2) is 6.10 Å². The third-order valence-corrected chi connectivity index (χ3v) is 12.0. The number of carbonyl (C=O) groups excluding carboxylic acids is 3. The van der Waals surface area contributed by atoms with Crippen LogP contribution in [-0.4, -0.2) is 95.8 Å². The molecule has 0 bridgehead atoms. The molecule has 0 saturated carbocycles. The van der Waals surface area contributed by atoms with Crippen LogP contribution in [0.15, 0.2) is 53.5 Å². The molecule has 1 spiro atoms. The van der Waals surface area contributed by atoms with Gasteiger partial charge in [-0.05, 0) is 98.9 Å². The summed E-state index contributed by atoms with van der Waals surface area (Å²) in [5.41, 5.74) is 4.53. The topological polar surface area (TPSA) is 129 Å². The minimum Gasteiger partial charge on any atom is -0.480 e. The van der Waals surface area contributed by atoms with Gasteiger partial charge in [-0.1, -0.05) is 23.7 Å². The van der Waals surface area contributed by atoms with Gasteiger partial charge in [0.1, 0.15) is 10.8 Å². The molecule has 3 atom stereocenters. The predicted octanol–water partition coefficient (Wildman–Crippen LogP) is 4.35. The summed E-state index contributed by atoms with van der Waals surface area (Å²) in [6, 6.07) is 14.3. The first kappa shape index (κ1) is 36.0. The van der Waals surface area contributed by atoms with Crippen LogP contribution in [0.4, 0.5) is 11.4 Å². The number of likely N-dealkylation sites (N-methyl/N-ethyl adjacent to an activating group) is 1. The first-order chi connectivity index (χ1) is 25.0. The lowest BCUT2D eigenvalue weighted by Gasteiger charge is -2.47. The minimum absolute atomic E-state index is 0.0973. The van der Waals surface area contributed by atoms with E-state index in [-0.39, 0.29) is 52.1 Å². The molecular formula is C39H48ClN7O5. The SMILES string of the molecule is Cc1cc(N2CCC3(CCN(C(=O)c4ccc([C@@H]5C[C@H](Nc6cnn(C)c(=O)c6Cl)CN(C)C5)cc4)CC3)CC2)ccc1OC1CCC(=O)NC1=O. The quantitative estimate of drug-likeness (QED) is 0.341. The summed E-state index contributed by atoms with van der Waals surface area (Å²) in [7, 11) is 3.68. The Balaban J connectivity index is 0.897. The van der Waals surface area contributed by atoms with Gasteiger partial charge in [-0.3, -0.25) is 24.5 Å². The zero-order chi connectivity index (χ0) is 36.6. The fraction of sp³-hybridized carbons (Fsp3) is 0.513. The van der Waals surface area contributed by atoms with E-state index in [4.69, 9.17) is 16.3 Å². The molecule has 5 heterocycles. The molecule has 12 nitrogen and oxygen atoms in total. The summed E-state index contributed by atoms with van der Waals surface area (Å²) in [6.07, 6.45) is 6.72. The number of hydrogen-bond acceptors (Lipinski definition) is 9. The van der Waals surface area contributed by atoms with Crippen molar-refractivity contribution in [2.24, 2.45) is 12.5 Å². The number of benzene rings is 2. The average molecular weight is 730 g/mol. The van der Waals surface area contributed by atoms with Crippen LogP contribution in [0.3, 0.4) is 0 Å². The number of ether oxygens (including phenoxy) is 1. The highest BCUT2D eigenvalue weighted by atomic mass is 35.5. The maximum absolute atomic E-state index is 13.6. The third kappa shape index (κ3) is 7.68. The summed E-state index contributed by atoms with van der Waals surface area (Å²) in [5.74, 6) is 0.418. The molecule has 276 valence electrons. The molecule has 13 heteroatoms. The molecule has 52 heavy (non-hydrogen) atoms. The van der Waals surface area contributed by atoms with Crippen LogP contribution in [0.25, 0.3) is 0 Å². The zero-order valence-electron chi connectivity index (χ0n) is 30.2. The van der Waals surface area contributed by atoms with Crippen molar-refractivity contribution < 1.29 is 19.1 Å². The second-order valence-electron chi connectivity index (χ2n) is 15.2. The van der Waals surface area contributed by atoms with Gasteiger partial charge in [0.05, 0.1) is 11.9 Å². The number of piperidine rings is 4. The fourth-order valence-electron chi connectivity index (χ4n) is 8.40. The van der Waals surface area contributed by atoms with Crippen LogP contribution in [-0.2, 0) is 16.6 Å². The summed E-state index contributed by atoms with van der Waals surface area (Å²) < 4.78 is 7.20. The van der Waals surface area contributed by atoms with Crippen LogP contribution in [0.1, 0.15) is 72.3 Å². The number of anilines is 2. The number of nitrogens with one attached hydrogen (secondary N) is 2. The van der Waals surface area contributed by atoms with Gasteiger partial charge in [-0.2, -0.15) is 5.10 Å². The summed E-state index contributed by atoms with van der Waals surface area (Å²) in [5, 5.41) is 10.1. The maximum atomic E-state index is 13.6. The molecule has 2 N–H and O–H groups in total. The van der Waals surface area contributed by atoms with E-state index in [1.165, 1.54) is 10.2 Å². The number of amides is 3. The Labute approximate surface area is 309 Å². The number of nitrogens with zero attached hydrogens (tertiary/aromatic N) is 5. The van der Waals surface area contributed by atoms with Crippen molar-refractivity contribution >= 4 is 40.7 Å². The van der Waals surface area contributed by atoms with Gasteiger partial charge in [0, 0.05) is 76.5 Å². The van der Waals surface area contributed by atoms with E-state index in [0.717, 1.165) is 88.2 Å².